The largest absolute Gasteiger partial charge is 0.486 e. The van der Waals surface area contributed by atoms with E-state index in [0.717, 1.165) is 36.1 Å². The van der Waals surface area contributed by atoms with Gasteiger partial charge in [-0.2, -0.15) is 0 Å². The maximum atomic E-state index is 12.5. The molecule has 0 radical (unpaired) electrons. The summed E-state index contributed by atoms with van der Waals surface area (Å²) in [5.74, 6) is 1.11. The summed E-state index contributed by atoms with van der Waals surface area (Å²) in [5, 5.41) is 13.7. The lowest BCUT2D eigenvalue weighted by molar-refractivity contribution is -0.128. The molecule has 39 heavy (non-hydrogen) atoms. The molecule has 0 aromatic heterocycles. The summed E-state index contributed by atoms with van der Waals surface area (Å²) in [4.78, 5) is 24.9. The van der Waals surface area contributed by atoms with E-state index in [0.29, 0.717) is 25.3 Å². The molecule has 0 spiro atoms. The van der Waals surface area contributed by atoms with Crippen LogP contribution in [-0.4, -0.2) is 42.1 Å². The number of unbranched alkanes of at least 4 members (excludes halogenated alkanes) is 1. The second kappa shape index (κ2) is 16.6. The standard InChI is InChI=1S/C32H56N2O4.ClH/c1-11-12-15-34-30(37)22(4)16-27(35)26(33)19-24(21(2)3)17-23-13-14-25(31(5,6)7)28(18-23)38-20-29(36)32(8,9)10;/h13-14,18,21-22,24,26-27,35H,11-12,15-17,19-20,33H2,1-10H3,(H,34,37);1H/t22?,24-,26-,27-;/m0./s1. The zero-order valence-corrected chi connectivity index (χ0v) is 27.0. The molecular weight excluding hydrogens is 512 g/mol. The Balaban J connectivity index is 0.0000144. The van der Waals surface area contributed by atoms with E-state index in [1.54, 1.807) is 0 Å². The van der Waals surface area contributed by atoms with Gasteiger partial charge >= 0.3 is 0 Å². The number of rotatable bonds is 15. The molecule has 4 atom stereocenters. The van der Waals surface area contributed by atoms with Crippen LogP contribution in [0.4, 0.5) is 0 Å². The molecule has 0 aliphatic rings. The number of hydrogen-bond donors (Lipinski definition) is 3. The van der Waals surface area contributed by atoms with E-state index in [9.17, 15) is 14.7 Å². The van der Waals surface area contributed by atoms with Crippen molar-refractivity contribution in [1.29, 1.82) is 0 Å². The van der Waals surface area contributed by atoms with Crippen molar-refractivity contribution in [3.05, 3.63) is 29.3 Å². The monoisotopic (exact) mass is 568 g/mol. The molecule has 226 valence electrons. The van der Waals surface area contributed by atoms with Crippen molar-refractivity contribution in [2.75, 3.05) is 13.2 Å². The van der Waals surface area contributed by atoms with E-state index >= 15 is 0 Å². The van der Waals surface area contributed by atoms with E-state index < -0.39 is 17.6 Å². The molecule has 1 rings (SSSR count). The van der Waals surface area contributed by atoms with Gasteiger partial charge in [0.05, 0.1) is 6.10 Å². The van der Waals surface area contributed by atoms with Crippen LogP contribution in [-0.2, 0) is 21.4 Å². The summed E-state index contributed by atoms with van der Waals surface area (Å²) in [6.07, 6.45) is 3.04. The molecule has 6 nitrogen and oxygen atoms in total. The normalized spacial score (nSPS) is 15.2. The predicted octanol–water partition coefficient (Wildman–Crippen LogP) is 6.24. The van der Waals surface area contributed by atoms with Gasteiger partial charge in [-0.3, -0.25) is 9.59 Å². The van der Waals surface area contributed by atoms with Gasteiger partial charge in [0.2, 0.25) is 5.91 Å². The Morgan fingerprint density at radius 2 is 1.67 bits per heavy atom. The first-order valence-electron chi connectivity index (χ1n) is 14.5. The lowest BCUT2D eigenvalue weighted by Gasteiger charge is -2.29. The Hall–Kier alpha value is -1.63. The Morgan fingerprint density at radius 1 is 1.05 bits per heavy atom. The fraction of sp³-hybridized carbons (Fsp3) is 0.750. The van der Waals surface area contributed by atoms with E-state index in [2.05, 4.69) is 65.1 Å². The summed E-state index contributed by atoms with van der Waals surface area (Å²) in [6, 6.07) is 5.90. The van der Waals surface area contributed by atoms with Crippen LogP contribution in [0.3, 0.4) is 0 Å². The number of ketones is 1. The number of nitrogens with two attached hydrogens (primary N) is 1. The highest BCUT2D eigenvalue weighted by molar-refractivity contribution is 5.85. The Labute approximate surface area is 244 Å². The highest BCUT2D eigenvalue weighted by Gasteiger charge is 2.27. The van der Waals surface area contributed by atoms with Crippen molar-refractivity contribution in [1.82, 2.24) is 5.32 Å². The zero-order chi connectivity index (χ0) is 29.3. The maximum Gasteiger partial charge on any atom is 0.222 e. The molecule has 0 heterocycles. The molecule has 4 N–H and O–H groups in total. The molecule has 0 aliphatic heterocycles. The minimum Gasteiger partial charge on any atom is -0.486 e. The van der Waals surface area contributed by atoms with Gasteiger partial charge in [-0.25, -0.2) is 0 Å². The van der Waals surface area contributed by atoms with Crippen LogP contribution in [0.25, 0.3) is 0 Å². The molecule has 0 bridgehead atoms. The number of hydrogen-bond acceptors (Lipinski definition) is 5. The Morgan fingerprint density at radius 3 is 2.18 bits per heavy atom. The number of ether oxygens (including phenoxy) is 1. The minimum atomic E-state index is -0.742. The number of aliphatic hydroxyl groups is 1. The fourth-order valence-electron chi connectivity index (χ4n) is 4.40. The number of halogens is 1. The van der Waals surface area contributed by atoms with Gasteiger partial charge in [-0.15, -0.1) is 12.4 Å². The van der Waals surface area contributed by atoms with Gasteiger partial charge in [0, 0.05) is 23.9 Å². The molecule has 1 aromatic rings. The average Bonchev–Trinajstić information content (AvgIpc) is 2.80. The molecule has 0 fully saturated rings. The van der Waals surface area contributed by atoms with Crippen LogP contribution in [0.15, 0.2) is 18.2 Å². The van der Waals surface area contributed by atoms with Gasteiger partial charge in [0.1, 0.15) is 12.4 Å². The number of carbonyl (C=O) groups is 2. The molecule has 0 aliphatic carbocycles. The maximum absolute atomic E-state index is 12.5. The molecule has 0 saturated heterocycles. The van der Waals surface area contributed by atoms with Crippen molar-refractivity contribution in [2.45, 2.75) is 119 Å². The molecular formula is C32H57ClN2O4. The summed E-state index contributed by atoms with van der Waals surface area (Å²) < 4.78 is 6.10. The van der Waals surface area contributed by atoms with Gasteiger partial charge in [0.25, 0.3) is 0 Å². The first-order chi connectivity index (χ1) is 17.5. The van der Waals surface area contributed by atoms with Crippen LogP contribution in [0.5, 0.6) is 5.75 Å². The number of nitrogens with one attached hydrogen (secondary N) is 1. The predicted molar refractivity (Wildman–Crippen MR) is 165 cm³/mol. The highest BCUT2D eigenvalue weighted by atomic mass is 35.5. The van der Waals surface area contributed by atoms with Crippen LogP contribution in [0.1, 0.15) is 106 Å². The number of Topliss-reactive ketones (excluding diaryl/α,β-unsaturated/α-hetero) is 1. The van der Waals surface area contributed by atoms with E-state index in [1.165, 1.54) is 0 Å². The van der Waals surface area contributed by atoms with Crippen molar-refractivity contribution < 1.29 is 19.4 Å². The van der Waals surface area contributed by atoms with Gasteiger partial charge in [-0.1, -0.05) is 87.8 Å². The van der Waals surface area contributed by atoms with Crippen molar-refractivity contribution in [3.8, 4) is 5.75 Å². The Bertz CT molecular complexity index is 889. The molecule has 1 unspecified atom stereocenters. The molecule has 1 aromatic carbocycles. The van der Waals surface area contributed by atoms with E-state index in [4.69, 9.17) is 10.5 Å². The third-order valence-electron chi connectivity index (χ3n) is 7.43. The van der Waals surface area contributed by atoms with Crippen LogP contribution >= 0.6 is 12.4 Å². The number of carbonyl (C=O) groups excluding carboxylic acids is 2. The third-order valence-corrected chi connectivity index (χ3v) is 7.43. The average molecular weight is 569 g/mol. The quantitative estimate of drug-likeness (QED) is 0.217. The van der Waals surface area contributed by atoms with Crippen molar-refractivity contribution in [3.63, 3.8) is 0 Å². The first-order valence-corrected chi connectivity index (χ1v) is 14.5. The molecule has 1 amide bonds. The summed E-state index contributed by atoms with van der Waals surface area (Å²) in [7, 11) is 0. The van der Waals surface area contributed by atoms with Gasteiger partial charge in [-0.05, 0) is 60.1 Å². The fourth-order valence-corrected chi connectivity index (χ4v) is 4.40. The van der Waals surface area contributed by atoms with E-state index in [-0.39, 0.29) is 48.0 Å². The molecule has 0 saturated carbocycles. The smallest absolute Gasteiger partial charge is 0.222 e. The van der Waals surface area contributed by atoms with Crippen molar-refractivity contribution in [2.24, 2.45) is 28.9 Å². The van der Waals surface area contributed by atoms with Gasteiger partial charge < -0.3 is 20.9 Å². The highest BCUT2D eigenvalue weighted by Crippen LogP contribution is 2.34. The van der Waals surface area contributed by atoms with Crippen LogP contribution < -0.4 is 15.8 Å². The first kappa shape index (κ1) is 37.4. The number of amides is 1. The van der Waals surface area contributed by atoms with E-state index in [1.807, 2.05) is 27.7 Å². The van der Waals surface area contributed by atoms with Crippen molar-refractivity contribution >= 4 is 24.1 Å². The zero-order valence-electron chi connectivity index (χ0n) is 26.2. The second-order valence-electron chi connectivity index (χ2n) is 13.5. The van der Waals surface area contributed by atoms with Crippen LogP contribution in [0, 0.1) is 23.2 Å². The number of aliphatic hydroxyl groups excluding tert-OH is 1. The summed E-state index contributed by atoms with van der Waals surface area (Å²) >= 11 is 0. The minimum absolute atomic E-state index is 0. The van der Waals surface area contributed by atoms with Crippen LogP contribution in [0.2, 0.25) is 0 Å². The lowest BCUT2D eigenvalue weighted by atomic mass is 9.81. The third kappa shape index (κ3) is 13.1. The lowest BCUT2D eigenvalue weighted by Crippen LogP contribution is -2.41. The summed E-state index contributed by atoms with van der Waals surface area (Å²) in [6.45, 7) is 21.1. The molecule has 7 heteroatoms. The Kier molecular flexibility index (Phi) is 15.9. The van der Waals surface area contributed by atoms with Gasteiger partial charge in [0.15, 0.2) is 5.78 Å². The second-order valence-corrected chi connectivity index (χ2v) is 13.5. The summed E-state index contributed by atoms with van der Waals surface area (Å²) in [5.41, 5.74) is 8.09. The topological polar surface area (TPSA) is 102 Å². The SMILES string of the molecule is CCCCNC(=O)C(C)C[C@H](O)[C@@H](N)C[C@H](Cc1ccc(C(C)(C)C)c(OCC(=O)C(C)(C)C)c1)C(C)C.Cl. The number of benzene rings is 1.